The first kappa shape index (κ1) is 19.6. The predicted octanol–water partition coefficient (Wildman–Crippen LogP) is 3.09. The summed E-state index contributed by atoms with van der Waals surface area (Å²) >= 11 is 0. The summed E-state index contributed by atoms with van der Waals surface area (Å²) in [5, 5.41) is 0. The number of hydrogen-bond acceptors (Lipinski definition) is 4. The standard InChI is InChI=1S/C16H32O4/c1-15(2,3)7-8-18-9-10-19-11-12-20-13-14(17)16(4,5)6/h7-13H2,1-6H3. The molecule has 0 aliphatic heterocycles. The molecule has 120 valence electrons. The Morgan fingerprint density at radius 2 is 1.20 bits per heavy atom. The van der Waals surface area contributed by atoms with Crippen LogP contribution in [0.15, 0.2) is 0 Å². The highest BCUT2D eigenvalue weighted by atomic mass is 16.5. The van der Waals surface area contributed by atoms with Gasteiger partial charge in [-0.1, -0.05) is 41.5 Å². The van der Waals surface area contributed by atoms with Gasteiger partial charge >= 0.3 is 0 Å². The van der Waals surface area contributed by atoms with Crippen molar-refractivity contribution in [2.24, 2.45) is 10.8 Å². The highest BCUT2D eigenvalue weighted by Crippen LogP contribution is 2.17. The van der Waals surface area contributed by atoms with E-state index in [4.69, 9.17) is 14.2 Å². The van der Waals surface area contributed by atoms with E-state index in [9.17, 15) is 4.79 Å². The summed E-state index contributed by atoms with van der Waals surface area (Å²) in [5.74, 6) is 0.114. The van der Waals surface area contributed by atoms with Gasteiger partial charge in [-0.05, 0) is 11.8 Å². The minimum atomic E-state index is -0.332. The van der Waals surface area contributed by atoms with Crippen LogP contribution in [0.5, 0.6) is 0 Å². The van der Waals surface area contributed by atoms with E-state index in [2.05, 4.69) is 20.8 Å². The number of carbonyl (C=O) groups excluding carboxylic acids is 1. The molecular formula is C16H32O4. The maximum atomic E-state index is 11.6. The van der Waals surface area contributed by atoms with E-state index >= 15 is 0 Å². The van der Waals surface area contributed by atoms with Crippen molar-refractivity contribution in [3.05, 3.63) is 0 Å². The fourth-order valence-electron chi connectivity index (χ4n) is 1.20. The molecule has 0 bridgehead atoms. The number of Topliss-reactive ketones (excluding diaryl/α,β-unsaturated/α-hetero) is 1. The zero-order valence-electron chi connectivity index (χ0n) is 14.1. The molecule has 0 fully saturated rings. The molecule has 0 amide bonds. The van der Waals surface area contributed by atoms with Crippen molar-refractivity contribution in [2.75, 3.05) is 39.6 Å². The van der Waals surface area contributed by atoms with Crippen molar-refractivity contribution in [3.63, 3.8) is 0 Å². The summed E-state index contributed by atoms with van der Waals surface area (Å²) in [7, 11) is 0. The van der Waals surface area contributed by atoms with Gasteiger partial charge in [0.15, 0.2) is 5.78 Å². The Hall–Kier alpha value is -0.450. The van der Waals surface area contributed by atoms with Crippen LogP contribution in [-0.4, -0.2) is 45.4 Å². The molecule has 0 aliphatic carbocycles. The summed E-state index contributed by atoms with van der Waals surface area (Å²) in [6.07, 6.45) is 1.05. The molecule has 0 saturated heterocycles. The van der Waals surface area contributed by atoms with Crippen molar-refractivity contribution < 1.29 is 19.0 Å². The van der Waals surface area contributed by atoms with Gasteiger partial charge in [0.2, 0.25) is 0 Å². The van der Waals surface area contributed by atoms with Gasteiger partial charge in [-0.25, -0.2) is 0 Å². The predicted molar refractivity (Wildman–Crippen MR) is 81.0 cm³/mol. The third-order valence-electron chi connectivity index (χ3n) is 2.81. The van der Waals surface area contributed by atoms with Gasteiger partial charge in [-0.3, -0.25) is 4.79 Å². The van der Waals surface area contributed by atoms with Crippen LogP contribution < -0.4 is 0 Å². The lowest BCUT2D eigenvalue weighted by Gasteiger charge is -2.17. The van der Waals surface area contributed by atoms with Crippen molar-refractivity contribution in [2.45, 2.75) is 48.0 Å². The molecule has 0 aromatic heterocycles. The SMILES string of the molecule is CC(C)(C)CCOCCOCCOCC(=O)C(C)(C)C. The quantitative estimate of drug-likeness (QED) is 0.579. The van der Waals surface area contributed by atoms with Crippen molar-refractivity contribution in [1.29, 1.82) is 0 Å². The van der Waals surface area contributed by atoms with E-state index in [-0.39, 0.29) is 17.8 Å². The highest BCUT2D eigenvalue weighted by Gasteiger charge is 2.20. The third kappa shape index (κ3) is 12.6. The minimum Gasteiger partial charge on any atom is -0.379 e. The molecule has 0 rings (SSSR count). The van der Waals surface area contributed by atoms with Crippen molar-refractivity contribution in [1.82, 2.24) is 0 Å². The van der Waals surface area contributed by atoms with Gasteiger partial charge in [0.25, 0.3) is 0 Å². The fraction of sp³-hybridized carbons (Fsp3) is 0.938. The molecule has 0 aliphatic rings. The van der Waals surface area contributed by atoms with E-state index in [1.54, 1.807) is 0 Å². The Labute approximate surface area is 124 Å². The van der Waals surface area contributed by atoms with Crippen molar-refractivity contribution in [3.8, 4) is 0 Å². The average Bonchev–Trinajstić information content (AvgIpc) is 2.28. The first-order chi connectivity index (χ1) is 9.13. The average molecular weight is 288 g/mol. The maximum absolute atomic E-state index is 11.6. The molecule has 0 atom stereocenters. The van der Waals surface area contributed by atoms with E-state index in [0.717, 1.165) is 13.0 Å². The lowest BCUT2D eigenvalue weighted by Crippen LogP contribution is -2.25. The normalized spacial score (nSPS) is 12.7. The first-order valence-corrected chi connectivity index (χ1v) is 7.39. The summed E-state index contributed by atoms with van der Waals surface area (Å²) < 4.78 is 16.1. The van der Waals surface area contributed by atoms with E-state index in [1.165, 1.54) is 0 Å². The van der Waals surface area contributed by atoms with Crippen LogP contribution in [0.1, 0.15) is 48.0 Å². The molecule has 4 heteroatoms. The summed E-state index contributed by atoms with van der Waals surface area (Å²) in [4.78, 5) is 11.6. The van der Waals surface area contributed by atoms with Crippen LogP contribution in [0.25, 0.3) is 0 Å². The Kier molecular flexibility index (Phi) is 9.27. The molecule has 0 aromatic rings. The van der Waals surface area contributed by atoms with Crippen LogP contribution in [0.2, 0.25) is 0 Å². The molecule has 0 saturated carbocycles. The van der Waals surface area contributed by atoms with Crippen LogP contribution in [-0.2, 0) is 19.0 Å². The van der Waals surface area contributed by atoms with Crippen molar-refractivity contribution >= 4 is 5.78 Å². The summed E-state index contributed by atoms with van der Waals surface area (Å²) in [5.41, 5.74) is -0.0178. The Morgan fingerprint density at radius 3 is 1.65 bits per heavy atom. The number of rotatable bonds is 10. The molecule has 0 spiro atoms. The third-order valence-corrected chi connectivity index (χ3v) is 2.81. The van der Waals surface area contributed by atoms with Crippen LogP contribution in [0.4, 0.5) is 0 Å². The lowest BCUT2D eigenvalue weighted by molar-refractivity contribution is -0.131. The van der Waals surface area contributed by atoms with E-state index < -0.39 is 0 Å². The number of hydrogen-bond donors (Lipinski definition) is 0. The zero-order chi connectivity index (χ0) is 15.6. The molecular weight excluding hydrogens is 256 g/mol. The largest absolute Gasteiger partial charge is 0.379 e. The van der Waals surface area contributed by atoms with Gasteiger partial charge in [0.1, 0.15) is 6.61 Å². The fourth-order valence-corrected chi connectivity index (χ4v) is 1.20. The zero-order valence-corrected chi connectivity index (χ0v) is 14.1. The Morgan fingerprint density at radius 1 is 0.750 bits per heavy atom. The van der Waals surface area contributed by atoms with Gasteiger partial charge in [-0.2, -0.15) is 0 Å². The Balaban J connectivity index is 3.28. The van der Waals surface area contributed by atoms with Crippen LogP contribution in [0, 0.1) is 10.8 Å². The van der Waals surface area contributed by atoms with Crippen LogP contribution in [0.3, 0.4) is 0 Å². The van der Waals surface area contributed by atoms with Gasteiger partial charge in [-0.15, -0.1) is 0 Å². The highest BCUT2D eigenvalue weighted by molar-refractivity contribution is 5.84. The molecule has 4 nitrogen and oxygen atoms in total. The van der Waals surface area contributed by atoms with Gasteiger partial charge in [0.05, 0.1) is 26.4 Å². The first-order valence-electron chi connectivity index (χ1n) is 7.39. The van der Waals surface area contributed by atoms with Gasteiger partial charge < -0.3 is 14.2 Å². The second-order valence-corrected chi connectivity index (χ2v) is 7.26. The van der Waals surface area contributed by atoms with Gasteiger partial charge in [0, 0.05) is 12.0 Å². The molecule has 0 unspecified atom stereocenters. The smallest absolute Gasteiger partial charge is 0.163 e. The second kappa shape index (κ2) is 9.48. The Bertz CT molecular complexity index is 261. The summed E-state index contributed by atoms with van der Waals surface area (Å²) in [6, 6.07) is 0. The second-order valence-electron chi connectivity index (χ2n) is 7.26. The molecule has 20 heavy (non-hydrogen) atoms. The number of ketones is 1. The molecule has 0 heterocycles. The number of ether oxygens (including phenoxy) is 3. The minimum absolute atomic E-state index is 0.114. The molecule has 0 N–H and O–H groups in total. The number of carbonyl (C=O) groups is 1. The molecule has 0 aromatic carbocycles. The topological polar surface area (TPSA) is 44.8 Å². The van der Waals surface area contributed by atoms with E-state index in [1.807, 2.05) is 20.8 Å². The molecule has 0 radical (unpaired) electrons. The van der Waals surface area contributed by atoms with E-state index in [0.29, 0.717) is 31.8 Å². The van der Waals surface area contributed by atoms with Crippen LogP contribution >= 0.6 is 0 Å². The lowest BCUT2D eigenvalue weighted by atomic mass is 9.91. The summed E-state index contributed by atoms with van der Waals surface area (Å²) in [6.45, 7) is 15.3. The maximum Gasteiger partial charge on any atom is 0.163 e. The monoisotopic (exact) mass is 288 g/mol.